The van der Waals surface area contributed by atoms with Crippen LogP contribution in [0.4, 0.5) is 0 Å². The van der Waals surface area contributed by atoms with Crippen molar-refractivity contribution in [2.45, 2.75) is 12.4 Å². The summed E-state index contributed by atoms with van der Waals surface area (Å²) >= 11 is 0. The molecule has 3 nitrogen and oxygen atoms in total. The van der Waals surface area contributed by atoms with Gasteiger partial charge in [0.1, 0.15) is 11.9 Å². The van der Waals surface area contributed by atoms with Gasteiger partial charge in [0.15, 0.2) is 6.29 Å². The molecule has 1 heterocycles. The first-order chi connectivity index (χ1) is 7.35. The van der Waals surface area contributed by atoms with Crippen LogP contribution in [0, 0.1) is 0 Å². The minimum atomic E-state index is -0.343. The topological polar surface area (TPSA) is 27.7 Å². The second kappa shape index (κ2) is 4.47. The highest BCUT2D eigenvalue weighted by Gasteiger charge is 2.27. The molecule has 1 saturated heterocycles. The molecular formula is C12H14O3. The Hall–Kier alpha value is -1.32. The summed E-state index contributed by atoms with van der Waals surface area (Å²) in [6.45, 7) is 4.22. The van der Waals surface area contributed by atoms with Gasteiger partial charge >= 0.3 is 0 Å². The Morgan fingerprint density at radius 1 is 1.47 bits per heavy atom. The molecule has 0 bridgehead atoms. The first-order valence-corrected chi connectivity index (χ1v) is 4.87. The largest absolute Gasteiger partial charge is 0.496 e. The van der Waals surface area contributed by atoms with E-state index in [1.807, 2.05) is 24.3 Å². The van der Waals surface area contributed by atoms with Gasteiger partial charge in [-0.1, -0.05) is 24.3 Å². The molecular weight excluding hydrogens is 192 g/mol. The molecule has 0 N–H and O–H groups in total. The van der Waals surface area contributed by atoms with Crippen LogP contribution in [0.15, 0.2) is 36.9 Å². The van der Waals surface area contributed by atoms with E-state index in [1.165, 1.54) is 0 Å². The first kappa shape index (κ1) is 10.2. The van der Waals surface area contributed by atoms with Gasteiger partial charge < -0.3 is 14.2 Å². The summed E-state index contributed by atoms with van der Waals surface area (Å²) in [5.74, 6) is 0.784. The fraction of sp³-hybridized carbons (Fsp3) is 0.333. The molecule has 0 aromatic heterocycles. The standard InChI is InChI=1S/C12H14O3/c1-3-9-8-14-12(15-9)10-6-4-5-7-11(10)13-2/h3-7,9,12H,1,8H2,2H3. The van der Waals surface area contributed by atoms with Crippen molar-refractivity contribution in [3.8, 4) is 5.75 Å². The molecule has 2 atom stereocenters. The van der Waals surface area contributed by atoms with E-state index in [-0.39, 0.29) is 12.4 Å². The summed E-state index contributed by atoms with van der Waals surface area (Å²) in [5, 5.41) is 0. The molecule has 0 amide bonds. The zero-order valence-corrected chi connectivity index (χ0v) is 8.68. The highest BCUT2D eigenvalue weighted by molar-refractivity contribution is 5.34. The average molecular weight is 206 g/mol. The predicted molar refractivity (Wildman–Crippen MR) is 56.8 cm³/mol. The molecule has 2 unspecified atom stereocenters. The molecule has 80 valence electrons. The number of hydrogen-bond acceptors (Lipinski definition) is 3. The third-order valence-corrected chi connectivity index (χ3v) is 2.37. The van der Waals surface area contributed by atoms with Crippen molar-refractivity contribution >= 4 is 0 Å². The van der Waals surface area contributed by atoms with Gasteiger partial charge in [0.25, 0.3) is 0 Å². The van der Waals surface area contributed by atoms with Crippen molar-refractivity contribution in [2.75, 3.05) is 13.7 Å². The SMILES string of the molecule is C=CC1COC(c2ccccc2OC)O1. The molecule has 1 aromatic rings. The van der Waals surface area contributed by atoms with Crippen LogP contribution >= 0.6 is 0 Å². The lowest BCUT2D eigenvalue weighted by molar-refractivity contribution is -0.0545. The molecule has 1 fully saturated rings. The van der Waals surface area contributed by atoms with E-state index in [9.17, 15) is 0 Å². The van der Waals surface area contributed by atoms with E-state index in [4.69, 9.17) is 14.2 Å². The summed E-state index contributed by atoms with van der Waals surface area (Å²) in [6.07, 6.45) is 1.37. The van der Waals surface area contributed by atoms with Crippen LogP contribution in [0.25, 0.3) is 0 Å². The van der Waals surface area contributed by atoms with Crippen molar-refractivity contribution in [2.24, 2.45) is 0 Å². The molecule has 1 aliphatic rings. The predicted octanol–water partition coefficient (Wildman–Crippen LogP) is 2.30. The molecule has 1 aliphatic heterocycles. The second-order valence-corrected chi connectivity index (χ2v) is 3.32. The van der Waals surface area contributed by atoms with Gasteiger partial charge in [-0.25, -0.2) is 0 Å². The fourth-order valence-corrected chi connectivity index (χ4v) is 1.57. The van der Waals surface area contributed by atoms with E-state index in [1.54, 1.807) is 13.2 Å². The van der Waals surface area contributed by atoms with Gasteiger partial charge in [0, 0.05) is 5.56 Å². The Morgan fingerprint density at radius 3 is 2.93 bits per heavy atom. The third-order valence-electron chi connectivity index (χ3n) is 2.37. The maximum Gasteiger partial charge on any atom is 0.188 e. The van der Waals surface area contributed by atoms with E-state index >= 15 is 0 Å². The Balaban J connectivity index is 2.19. The first-order valence-electron chi connectivity index (χ1n) is 4.87. The highest BCUT2D eigenvalue weighted by atomic mass is 16.7. The van der Waals surface area contributed by atoms with Crippen molar-refractivity contribution in [1.82, 2.24) is 0 Å². The van der Waals surface area contributed by atoms with Crippen molar-refractivity contribution in [1.29, 1.82) is 0 Å². The third kappa shape index (κ3) is 2.03. The maximum absolute atomic E-state index is 5.62. The Bertz CT molecular complexity index is 348. The van der Waals surface area contributed by atoms with Crippen LogP contribution in [0.2, 0.25) is 0 Å². The van der Waals surface area contributed by atoms with Crippen LogP contribution in [0.3, 0.4) is 0 Å². The monoisotopic (exact) mass is 206 g/mol. The Morgan fingerprint density at radius 2 is 2.27 bits per heavy atom. The van der Waals surface area contributed by atoms with Crippen LogP contribution in [-0.4, -0.2) is 19.8 Å². The fourth-order valence-electron chi connectivity index (χ4n) is 1.57. The maximum atomic E-state index is 5.62. The van der Waals surface area contributed by atoms with E-state index in [0.29, 0.717) is 6.61 Å². The summed E-state index contributed by atoms with van der Waals surface area (Å²) in [4.78, 5) is 0. The number of ether oxygens (including phenoxy) is 3. The minimum Gasteiger partial charge on any atom is -0.496 e. The normalized spacial score (nSPS) is 25.1. The summed E-state index contributed by atoms with van der Waals surface area (Å²) in [7, 11) is 1.64. The van der Waals surface area contributed by atoms with Crippen molar-refractivity contribution in [3.05, 3.63) is 42.5 Å². The summed E-state index contributed by atoms with van der Waals surface area (Å²) in [5.41, 5.74) is 0.921. The molecule has 0 saturated carbocycles. The van der Waals surface area contributed by atoms with Gasteiger partial charge in [0.2, 0.25) is 0 Å². The smallest absolute Gasteiger partial charge is 0.188 e. The molecule has 3 heteroatoms. The van der Waals surface area contributed by atoms with Gasteiger partial charge in [-0.05, 0) is 6.07 Å². The second-order valence-electron chi connectivity index (χ2n) is 3.32. The van der Waals surface area contributed by atoms with Crippen LogP contribution < -0.4 is 4.74 Å². The molecule has 0 aliphatic carbocycles. The van der Waals surface area contributed by atoms with E-state index < -0.39 is 0 Å². The Labute approximate surface area is 89.3 Å². The Kier molecular flexibility index (Phi) is 3.04. The quantitative estimate of drug-likeness (QED) is 0.710. The zero-order valence-electron chi connectivity index (χ0n) is 8.68. The van der Waals surface area contributed by atoms with Gasteiger partial charge in [0.05, 0.1) is 13.7 Å². The van der Waals surface area contributed by atoms with Gasteiger partial charge in [-0.3, -0.25) is 0 Å². The van der Waals surface area contributed by atoms with Crippen LogP contribution in [-0.2, 0) is 9.47 Å². The molecule has 0 spiro atoms. The molecule has 15 heavy (non-hydrogen) atoms. The van der Waals surface area contributed by atoms with Gasteiger partial charge in [-0.15, -0.1) is 6.58 Å². The average Bonchev–Trinajstić information content (AvgIpc) is 2.77. The number of para-hydroxylation sites is 1. The van der Waals surface area contributed by atoms with Crippen molar-refractivity contribution in [3.63, 3.8) is 0 Å². The number of rotatable bonds is 3. The number of methoxy groups -OCH3 is 1. The van der Waals surface area contributed by atoms with E-state index in [0.717, 1.165) is 11.3 Å². The minimum absolute atomic E-state index is 0.0279. The van der Waals surface area contributed by atoms with Crippen LogP contribution in [0.1, 0.15) is 11.9 Å². The van der Waals surface area contributed by atoms with Crippen molar-refractivity contribution < 1.29 is 14.2 Å². The summed E-state index contributed by atoms with van der Waals surface area (Å²) in [6, 6.07) is 7.69. The summed E-state index contributed by atoms with van der Waals surface area (Å²) < 4.78 is 16.4. The molecule has 0 radical (unpaired) electrons. The zero-order chi connectivity index (χ0) is 10.7. The lowest BCUT2D eigenvalue weighted by Crippen LogP contribution is -2.05. The van der Waals surface area contributed by atoms with E-state index in [2.05, 4.69) is 6.58 Å². The molecule has 1 aromatic carbocycles. The van der Waals surface area contributed by atoms with Gasteiger partial charge in [-0.2, -0.15) is 0 Å². The lowest BCUT2D eigenvalue weighted by Gasteiger charge is -2.13. The highest BCUT2D eigenvalue weighted by Crippen LogP contribution is 2.33. The number of hydrogen-bond donors (Lipinski definition) is 0. The van der Waals surface area contributed by atoms with Crippen LogP contribution in [0.5, 0.6) is 5.75 Å². The molecule has 2 rings (SSSR count). The number of benzene rings is 1. The lowest BCUT2D eigenvalue weighted by atomic mass is 10.2.